The van der Waals surface area contributed by atoms with Gasteiger partial charge in [0.25, 0.3) is 0 Å². The van der Waals surface area contributed by atoms with Gasteiger partial charge in [-0.15, -0.1) is 0 Å². The van der Waals surface area contributed by atoms with Gasteiger partial charge in [0.1, 0.15) is 0 Å². The fourth-order valence-electron chi connectivity index (χ4n) is 1.28. The topological polar surface area (TPSA) is 92.4 Å². The van der Waals surface area contributed by atoms with E-state index in [4.69, 9.17) is 10.8 Å². The smallest absolute Gasteiger partial charge is 0.312 e. The molecule has 2 amide bonds. The molecule has 0 saturated heterocycles. The van der Waals surface area contributed by atoms with Crippen LogP contribution in [0.5, 0.6) is 0 Å². The summed E-state index contributed by atoms with van der Waals surface area (Å²) in [7, 11) is 0. The molecule has 4 N–H and O–H groups in total. The van der Waals surface area contributed by atoms with Crippen LogP contribution >= 0.6 is 0 Å². The van der Waals surface area contributed by atoms with Gasteiger partial charge in [-0.05, 0) is 5.56 Å². The van der Waals surface area contributed by atoms with Crippen molar-refractivity contribution in [1.82, 2.24) is 5.32 Å². The lowest BCUT2D eigenvalue weighted by molar-refractivity contribution is -0.137. The summed E-state index contributed by atoms with van der Waals surface area (Å²) in [5.74, 6) is -0.988. The molecule has 0 bridgehead atoms. The van der Waals surface area contributed by atoms with Crippen LogP contribution in [0, 0.1) is 0 Å². The van der Waals surface area contributed by atoms with E-state index in [1.165, 1.54) is 0 Å². The molecule has 0 unspecified atom stereocenters. The number of carbonyl (C=O) groups is 2. The molecule has 0 aromatic heterocycles. The van der Waals surface area contributed by atoms with Gasteiger partial charge in [-0.1, -0.05) is 30.3 Å². The Morgan fingerprint density at radius 2 is 1.93 bits per heavy atom. The highest BCUT2D eigenvalue weighted by Gasteiger charge is 2.16. The Labute approximate surface area is 86.9 Å². The standard InChI is InChI=1S/C10H12N2O3/c11-10(15)12-8(6-9(13)14)7-4-2-1-3-5-7/h1-5,8H,6H2,(H,13,14)(H3,11,12,15)/t8-/m0/s1. The molecule has 0 aliphatic rings. The van der Waals surface area contributed by atoms with Crippen molar-refractivity contribution in [3.05, 3.63) is 35.9 Å². The Kier molecular flexibility index (Phi) is 3.68. The number of hydrogen-bond donors (Lipinski definition) is 3. The number of hydrogen-bond acceptors (Lipinski definition) is 2. The zero-order valence-corrected chi connectivity index (χ0v) is 8.01. The second-order valence-electron chi connectivity index (χ2n) is 3.07. The molecule has 0 aliphatic carbocycles. The van der Waals surface area contributed by atoms with Gasteiger partial charge in [0.2, 0.25) is 0 Å². The Bertz CT molecular complexity index is 335. The lowest BCUT2D eigenvalue weighted by Crippen LogP contribution is -2.34. The van der Waals surface area contributed by atoms with Gasteiger partial charge in [0.05, 0.1) is 12.5 Å². The van der Waals surface area contributed by atoms with Crippen molar-refractivity contribution in [3.63, 3.8) is 0 Å². The maximum Gasteiger partial charge on any atom is 0.312 e. The number of carboxylic acids is 1. The first-order chi connectivity index (χ1) is 7.09. The first-order valence-electron chi connectivity index (χ1n) is 4.42. The summed E-state index contributed by atoms with van der Waals surface area (Å²) < 4.78 is 0. The maximum absolute atomic E-state index is 10.7. The fourth-order valence-corrected chi connectivity index (χ4v) is 1.28. The van der Waals surface area contributed by atoms with E-state index in [-0.39, 0.29) is 6.42 Å². The summed E-state index contributed by atoms with van der Waals surface area (Å²) >= 11 is 0. The highest BCUT2D eigenvalue weighted by atomic mass is 16.4. The SMILES string of the molecule is NC(=O)N[C@@H](CC(=O)O)c1ccccc1. The van der Waals surface area contributed by atoms with Crippen molar-refractivity contribution < 1.29 is 14.7 Å². The lowest BCUT2D eigenvalue weighted by Gasteiger charge is -2.15. The number of benzene rings is 1. The average Bonchev–Trinajstić information content (AvgIpc) is 2.17. The summed E-state index contributed by atoms with van der Waals surface area (Å²) in [5, 5.41) is 11.1. The maximum atomic E-state index is 10.7. The molecule has 1 aromatic carbocycles. The second kappa shape index (κ2) is 4.99. The van der Waals surface area contributed by atoms with E-state index in [2.05, 4.69) is 5.32 Å². The Morgan fingerprint density at radius 3 is 2.40 bits per heavy atom. The van der Waals surface area contributed by atoms with Crippen molar-refractivity contribution in [2.45, 2.75) is 12.5 Å². The van der Waals surface area contributed by atoms with Crippen LogP contribution in [0.3, 0.4) is 0 Å². The van der Waals surface area contributed by atoms with Crippen LogP contribution < -0.4 is 11.1 Å². The minimum Gasteiger partial charge on any atom is -0.481 e. The largest absolute Gasteiger partial charge is 0.481 e. The predicted octanol–water partition coefficient (Wildman–Crippen LogP) is 0.871. The van der Waals surface area contributed by atoms with Crippen molar-refractivity contribution >= 4 is 12.0 Å². The minimum atomic E-state index is -0.988. The van der Waals surface area contributed by atoms with Crippen LogP contribution in [0.25, 0.3) is 0 Å². The molecule has 0 radical (unpaired) electrons. The van der Waals surface area contributed by atoms with Crippen LogP contribution in [-0.4, -0.2) is 17.1 Å². The van der Waals surface area contributed by atoms with Crippen LogP contribution in [0.2, 0.25) is 0 Å². The van der Waals surface area contributed by atoms with E-state index in [0.717, 1.165) is 5.56 Å². The number of nitrogens with two attached hydrogens (primary N) is 1. The number of urea groups is 1. The molecule has 0 aliphatic heterocycles. The number of rotatable bonds is 4. The Hall–Kier alpha value is -2.04. The van der Waals surface area contributed by atoms with Crippen LogP contribution in [0.4, 0.5) is 4.79 Å². The number of primary amides is 1. The third-order valence-corrected chi connectivity index (χ3v) is 1.90. The summed E-state index contributed by atoms with van der Waals surface area (Å²) in [5.41, 5.74) is 5.68. The third-order valence-electron chi connectivity index (χ3n) is 1.90. The van der Waals surface area contributed by atoms with Gasteiger partial charge in [-0.3, -0.25) is 4.79 Å². The van der Waals surface area contributed by atoms with E-state index in [1.54, 1.807) is 24.3 Å². The molecule has 5 heteroatoms. The van der Waals surface area contributed by atoms with Gasteiger partial charge in [-0.25, -0.2) is 4.79 Å². The molecule has 0 fully saturated rings. The molecule has 1 atom stereocenters. The molecule has 0 spiro atoms. The molecule has 80 valence electrons. The van der Waals surface area contributed by atoms with Crippen molar-refractivity contribution in [2.24, 2.45) is 5.73 Å². The van der Waals surface area contributed by atoms with Crippen LogP contribution in [0.15, 0.2) is 30.3 Å². The van der Waals surface area contributed by atoms with Crippen molar-refractivity contribution in [3.8, 4) is 0 Å². The summed E-state index contributed by atoms with van der Waals surface area (Å²) in [6.07, 6.45) is -0.188. The first-order valence-corrected chi connectivity index (χ1v) is 4.42. The van der Waals surface area contributed by atoms with E-state index in [0.29, 0.717) is 0 Å². The van der Waals surface area contributed by atoms with Gasteiger partial charge in [-0.2, -0.15) is 0 Å². The monoisotopic (exact) mass is 208 g/mol. The number of carbonyl (C=O) groups excluding carboxylic acids is 1. The highest BCUT2D eigenvalue weighted by molar-refractivity contribution is 5.74. The first kappa shape index (κ1) is 11.0. The van der Waals surface area contributed by atoms with Crippen LogP contribution in [0.1, 0.15) is 18.0 Å². The minimum absolute atomic E-state index is 0.188. The van der Waals surface area contributed by atoms with E-state index >= 15 is 0 Å². The third kappa shape index (κ3) is 3.68. The van der Waals surface area contributed by atoms with Gasteiger partial charge < -0.3 is 16.2 Å². The summed E-state index contributed by atoms with van der Waals surface area (Å²) in [6.45, 7) is 0. The van der Waals surface area contributed by atoms with Crippen molar-refractivity contribution in [1.29, 1.82) is 0 Å². The van der Waals surface area contributed by atoms with Gasteiger partial charge >= 0.3 is 12.0 Å². The normalized spacial score (nSPS) is 11.7. The molecule has 1 aromatic rings. The van der Waals surface area contributed by atoms with Gasteiger partial charge in [0, 0.05) is 0 Å². The fraction of sp³-hybridized carbons (Fsp3) is 0.200. The van der Waals surface area contributed by atoms with Crippen LogP contribution in [-0.2, 0) is 4.79 Å². The Morgan fingerprint density at radius 1 is 1.33 bits per heavy atom. The van der Waals surface area contributed by atoms with E-state index in [1.807, 2.05) is 6.07 Å². The molecular weight excluding hydrogens is 196 g/mol. The summed E-state index contributed by atoms with van der Waals surface area (Å²) in [6, 6.07) is 7.52. The van der Waals surface area contributed by atoms with E-state index in [9.17, 15) is 9.59 Å². The summed E-state index contributed by atoms with van der Waals surface area (Å²) in [4.78, 5) is 21.3. The zero-order valence-electron chi connectivity index (χ0n) is 8.01. The number of carboxylic acid groups (broad SMARTS) is 1. The highest BCUT2D eigenvalue weighted by Crippen LogP contribution is 2.15. The average molecular weight is 208 g/mol. The van der Waals surface area contributed by atoms with Gasteiger partial charge in [0.15, 0.2) is 0 Å². The quantitative estimate of drug-likeness (QED) is 0.685. The van der Waals surface area contributed by atoms with Crippen molar-refractivity contribution in [2.75, 3.05) is 0 Å². The Balaban J connectivity index is 2.81. The molecule has 5 nitrogen and oxygen atoms in total. The second-order valence-corrected chi connectivity index (χ2v) is 3.07. The number of amides is 2. The lowest BCUT2D eigenvalue weighted by atomic mass is 10.0. The van der Waals surface area contributed by atoms with E-state index < -0.39 is 18.0 Å². The molecule has 1 rings (SSSR count). The molecule has 15 heavy (non-hydrogen) atoms. The number of aliphatic carboxylic acids is 1. The molecular formula is C10H12N2O3. The predicted molar refractivity (Wildman–Crippen MR) is 54.2 cm³/mol. The zero-order chi connectivity index (χ0) is 11.3. The molecule has 0 heterocycles. The molecule has 0 saturated carbocycles. The number of nitrogens with one attached hydrogen (secondary N) is 1.